The first-order chi connectivity index (χ1) is 8.67. The van der Waals surface area contributed by atoms with Crippen LogP contribution < -0.4 is 11.3 Å². The van der Waals surface area contributed by atoms with E-state index in [2.05, 4.69) is 24.3 Å². The van der Waals surface area contributed by atoms with Gasteiger partial charge in [0, 0.05) is 4.88 Å². The van der Waals surface area contributed by atoms with Crippen LogP contribution >= 0.6 is 11.3 Å². The van der Waals surface area contributed by atoms with Gasteiger partial charge in [-0.1, -0.05) is 6.42 Å². The summed E-state index contributed by atoms with van der Waals surface area (Å²) in [6, 6.07) is 0.306. The molecule has 2 fully saturated rings. The number of rotatable bonds is 4. The summed E-state index contributed by atoms with van der Waals surface area (Å²) >= 11 is 1.80. The van der Waals surface area contributed by atoms with E-state index in [0.717, 1.165) is 28.5 Å². The fraction of sp³-hybridized carbons (Fsp3) is 0.786. The van der Waals surface area contributed by atoms with Gasteiger partial charge in [0.2, 0.25) is 0 Å². The molecule has 2 saturated carbocycles. The molecule has 100 valence electrons. The average Bonchev–Trinajstić information content (AvgIpc) is 3.01. The number of thiazole rings is 1. The van der Waals surface area contributed by atoms with Crippen molar-refractivity contribution in [2.24, 2.45) is 23.6 Å². The van der Waals surface area contributed by atoms with Gasteiger partial charge in [0.05, 0.1) is 16.7 Å². The van der Waals surface area contributed by atoms with Gasteiger partial charge in [-0.25, -0.2) is 4.98 Å². The second-order valence-corrected chi connectivity index (χ2v) is 7.31. The fourth-order valence-electron chi connectivity index (χ4n) is 4.09. The lowest BCUT2D eigenvalue weighted by atomic mass is 9.84. The Kier molecular flexibility index (Phi) is 3.43. The van der Waals surface area contributed by atoms with Crippen LogP contribution in [-0.4, -0.2) is 4.98 Å². The van der Waals surface area contributed by atoms with E-state index in [1.165, 1.54) is 37.0 Å². The summed E-state index contributed by atoms with van der Waals surface area (Å²) in [5, 5.41) is 1.15. The molecule has 2 aliphatic rings. The molecule has 0 radical (unpaired) electrons. The van der Waals surface area contributed by atoms with Crippen LogP contribution in [0, 0.1) is 31.6 Å². The number of nitrogens with two attached hydrogens (primary N) is 1. The van der Waals surface area contributed by atoms with Crippen molar-refractivity contribution >= 4 is 11.3 Å². The van der Waals surface area contributed by atoms with Crippen LogP contribution in [0.25, 0.3) is 0 Å². The van der Waals surface area contributed by atoms with Crippen molar-refractivity contribution < 1.29 is 0 Å². The number of nitrogens with zero attached hydrogens (tertiary/aromatic N) is 1. The predicted octanol–water partition coefficient (Wildman–Crippen LogP) is 3.09. The van der Waals surface area contributed by atoms with E-state index in [-0.39, 0.29) is 0 Å². The van der Waals surface area contributed by atoms with Crippen LogP contribution in [0.5, 0.6) is 0 Å². The molecule has 3 N–H and O–H groups in total. The first-order valence-corrected chi connectivity index (χ1v) is 7.89. The number of aromatic nitrogens is 1. The Morgan fingerprint density at radius 1 is 1.39 bits per heavy atom. The molecule has 1 aromatic rings. The Balaban J connectivity index is 1.71. The number of fused-ring (bicyclic) bond motifs is 2. The Morgan fingerprint density at radius 3 is 2.72 bits per heavy atom. The van der Waals surface area contributed by atoms with Gasteiger partial charge in [0.25, 0.3) is 0 Å². The summed E-state index contributed by atoms with van der Waals surface area (Å²) in [6.07, 6.45) is 7.02. The van der Waals surface area contributed by atoms with Crippen LogP contribution in [0.4, 0.5) is 0 Å². The minimum Gasteiger partial charge on any atom is -0.271 e. The van der Waals surface area contributed by atoms with Crippen molar-refractivity contribution in [2.45, 2.75) is 52.0 Å². The highest BCUT2D eigenvalue weighted by Crippen LogP contribution is 2.51. The monoisotopic (exact) mass is 265 g/mol. The molecule has 4 unspecified atom stereocenters. The van der Waals surface area contributed by atoms with Gasteiger partial charge in [-0.05, 0) is 57.3 Å². The molecule has 1 heterocycles. The minimum atomic E-state index is 0.306. The average molecular weight is 265 g/mol. The Morgan fingerprint density at radius 2 is 2.22 bits per heavy atom. The van der Waals surface area contributed by atoms with E-state index in [9.17, 15) is 0 Å². The number of nitrogens with one attached hydrogen (secondary N) is 1. The zero-order chi connectivity index (χ0) is 12.7. The number of hydrazine groups is 1. The number of aryl methyl sites for hydroxylation is 2. The second-order valence-electron chi connectivity index (χ2n) is 6.07. The molecule has 3 nitrogen and oxygen atoms in total. The molecule has 0 amide bonds. The van der Waals surface area contributed by atoms with Crippen molar-refractivity contribution in [3.05, 3.63) is 15.6 Å². The molecule has 0 aromatic carbocycles. The van der Waals surface area contributed by atoms with Crippen LogP contribution in [-0.2, 0) is 0 Å². The SMILES string of the molecule is Cc1nc(C)c(C(CC2CC3CCC2C3)NN)s1. The summed E-state index contributed by atoms with van der Waals surface area (Å²) in [5.74, 6) is 8.66. The van der Waals surface area contributed by atoms with Crippen molar-refractivity contribution in [3.63, 3.8) is 0 Å². The standard InChI is InChI=1S/C14H23N3S/c1-8-14(18-9(2)16-8)13(17-15)7-12-6-10-3-4-11(12)5-10/h10-13,17H,3-7,15H2,1-2H3. The topological polar surface area (TPSA) is 50.9 Å². The minimum absolute atomic E-state index is 0.306. The van der Waals surface area contributed by atoms with E-state index in [0.29, 0.717) is 6.04 Å². The van der Waals surface area contributed by atoms with E-state index >= 15 is 0 Å². The normalized spacial score (nSPS) is 32.1. The largest absolute Gasteiger partial charge is 0.271 e. The van der Waals surface area contributed by atoms with Gasteiger partial charge in [-0.15, -0.1) is 11.3 Å². The molecule has 4 atom stereocenters. The maximum absolute atomic E-state index is 5.79. The highest BCUT2D eigenvalue weighted by atomic mass is 32.1. The van der Waals surface area contributed by atoms with Crippen molar-refractivity contribution in [2.75, 3.05) is 0 Å². The van der Waals surface area contributed by atoms with E-state index in [4.69, 9.17) is 5.84 Å². The molecular weight excluding hydrogens is 242 g/mol. The zero-order valence-corrected chi connectivity index (χ0v) is 12.1. The lowest BCUT2D eigenvalue weighted by Gasteiger charge is -2.26. The first kappa shape index (κ1) is 12.6. The number of hydrogen-bond donors (Lipinski definition) is 2. The quantitative estimate of drug-likeness (QED) is 0.650. The highest BCUT2D eigenvalue weighted by Gasteiger charge is 2.40. The van der Waals surface area contributed by atoms with Gasteiger partial charge in [0.15, 0.2) is 0 Å². The summed E-state index contributed by atoms with van der Waals surface area (Å²) < 4.78 is 0. The van der Waals surface area contributed by atoms with Gasteiger partial charge in [-0.2, -0.15) is 0 Å². The van der Waals surface area contributed by atoms with E-state index in [1.807, 2.05) is 0 Å². The summed E-state index contributed by atoms with van der Waals surface area (Å²) in [7, 11) is 0. The van der Waals surface area contributed by atoms with Gasteiger partial charge >= 0.3 is 0 Å². The summed E-state index contributed by atoms with van der Waals surface area (Å²) in [6.45, 7) is 4.18. The third kappa shape index (κ3) is 2.22. The van der Waals surface area contributed by atoms with Crippen LogP contribution in [0.1, 0.15) is 53.7 Å². The second kappa shape index (κ2) is 4.91. The summed E-state index contributed by atoms with van der Waals surface area (Å²) in [5.41, 5.74) is 4.19. The Labute approximate surface area is 113 Å². The molecule has 0 aliphatic heterocycles. The maximum atomic E-state index is 5.79. The highest BCUT2D eigenvalue weighted by molar-refractivity contribution is 7.11. The van der Waals surface area contributed by atoms with Gasteiger partial charge in [-0.3, -0.25) is 11.3 Å². The van der Waals surface area contributed by atoms with Crippen LogP contribution in [0.3, 0.4) is 0 Å². The smallest absolute Gasteiger partial charge is 0.0900 e. The third-order valence-electron chi connectivity index (χ3n) is 4.88. The molecule has 0 spiro atoms. The number of hydrogen-bond acceptors (Lipinski definition) is 4. The maximum Gasteiger partial charge on any atom is 0.0900 e. The van der Waals surface area contributed by atoms with Crippen molar-refractivity contribution in [1.82, 2.24) is 10.4 Å². The van der Waals surface area contributed by atoms with Crippen molar-refractivity contribution in [1.29, 1.82) is 0 Å². The third-order valence-corrected chi connectivity index (χ3v) is 6.07. The first-order valence-electron chi connectivity index (χ1n) is 7.07. The van der Waals surface area contributed by atoms with Gasteiger partial charge < -0.3 is 0 Å². The van der Waals surface area contributed by atoms with E-state index < -0.39 is 0 Å². The van der Waals surface area contributed by atoms with Crippen LogP contribution in [0.2, 0.25) is 0 Å². The molecule has 18 heavy (non-hydrogen) atoms. The summed E-state index contributed by atoms with van der Waals surface area (Å²) in [4.78, 5) is 5.87. The molecule has 2 aliphatic carbocycles. The fourth-order valence-corrected chi connectivity index (χ4v) is 5.09. The molecule has 0 saturated heterocycles. The zero-order valence-electron chi connectivity index (χ0n) is 11.3. The molecule has 1 aromatic heterocycles. The lowest BCUT2D eigenvalue weighted by molar-refractivity contribution is 0.281. The Hall–Kier alpha value is -0.450. The molecule has 4 heteroatoms. The lowest BCUT2D eigenvalue weighted by Crippen LogP contribution is -2.30. The predicted molar refractivity (Wildman–Crippen MR) is 75.2 cm³/mol. The van der Waals surface area contributed by atoms with E-state index in [1.54, 1.807) is 11.3 Å². The van der Waals surface area contributed by atoms with Crippen LogP contribution in [0.15, 0.2) is 0 Å². The Bertz CT molecular complexity index is 429. The molecular formula is C14H23N3S. The molecule has 2 bridgehead atoms. The molecule has 3 rings (SSSR count). The van der Waals surface area contributed by atoms with Crippen molar-refractivity contribution in [3.8, 4) is 0 Å². The van der Waals surface area contributed by atoms with Gasteiger partial charge in [0.1, 0.15) is 0 Å².